The van der Waals surface area contributed by atoms with Crippen molar-refractivity contribution in [3.63, 3.8) is 0 Å². The molecule has 1 N–H and O–H groups in total. The van der Waals surface area contributed by atoms with Crippen LogP contribution in [0.5, 0.6) is 0 Å². The van der Waals surface area contributed by atoms with E-state index in [4.69, 9.17) is 4.74 Å². The molecule has 0 saturated heterocycles. The number of nitrogens with one attached hydrogen (secondary N) is 1. The van der Waals surface area contributed by atoms with E-state index in [9.17, 15) is 0 Å². The lowest BCUT2D eigenvalue weighted by Gasteiger charge is -2.07. The van der Waals surface area contributed by atoms with E-state index in [1.165, 1.54) is 0 Å². The summed E-state index contributed by atoms with van der Waals surface area (Å²) >= 11 is 0. The Morgan fingerprint density at radius 3 is 3.06 bits per heavy atom. The largest absolute Gasteiger partial charge is 0.385 e. The molecule has 0 spiro atoms. The van der Waals surface area contributed by atoms with Crippen LogP contribution < -0.4 is 5.32 Å². The number of rotatable bonds is 6. The van der Waals surface area contributed by atoms with Crippen LogP contribution in [0.3, 0.4) is 0 Å². The molecule has 0 aliphatic carbocycles. The van der Waals surface area contributed by atoms with Gasteiger partial charge in [0, 0.05) is 39.1 Å². The molecule has 5 heteroatoms. The van der Waals surface area contributed by atoms with E-state index in [1.54, 1.807) is 13.3 Å². The molecule has 0 saturated carbocycles. The number of aromatic nitrogens is 3. The molecule has 0 aliphatic rings. The SMILES string of the molecule is CCc1ncc2c(NCCCOC)nccn12. The molecule has 0 amide bonds. The van der Waals surface area contributed by atoms with Crippen molar-refractivity contribution in [3.05, 3.63) is 24.4 Å². The second kappa shape index (κ2) is 5.63. The van der Waals surface area contributed by atoms with Gasteiger partial charge in [-0.25, -0.2) is 9.97 Å². The zero-order chi connectivity index (χ0) is 12.1. The average molecular weight is 234 g/mol. The summed E-state index contributed by atoms with van der Waals surface area (Å²) in [5.74, 6) is 1.94. The van der Waals surface area contributed by atoms with Gasteiger partial charge in [0.25, 0.3) is 0 Å². The van der Waals surface area contributed by atoms with Crippen molar-refractivity contribution in [2.24, 2.45) is 0 Å². The Balaban J connectivity index is 2.14. The van der Waals surface area contributed by atoms with E-state index < -0.39 is 0 Å². The molecule has 0 aromatic carbocycles. The van der Waals surface area contributed by atoms with Gasteiger partial charge in [0.05, 0.1) is 6.20 Å². The number of hydrogen-bond acceptors (Lipinski definition) is 4. The fourth-order valence-corrected chi connectivity index (χ4v) is 1.80. The standard InChI is InChI=1S/C12H18N4O/c1-3-11-15-9-10-12(13-5-4-8-17-2)14-6-7-16(10)11/h6-7,9H,3-5,8H2,1-2H3,(H,13,14). The minimum absolute atomic E-state index is 0.760. The van der Waals surface area contributed by atoms with Crippen LogP contribution in [0.1, 0.15) is 19.2 Å². The van der Waals surface area contributed by atoms with Gasteiger partial charge < -0.3 is 10.1 Å². The van der Waals surface area contributed by atoms with E-state index in [0.29, 0.717) is 0 Å². The Kier molecular flexibility index (Phi) is 3.93. The lowest BCUT2D eigenvalue weighted by atomic mass is 10.4. The van der Waals surface area contributed by atoms with Gasteiger partial charge in [0.2, 0.25) is 0 Å². The Labute approximate surface area is 101 Å². The normalized spacial score (nSPS) is 10.9. The van der Waals surface area contributed by atoms with E-state index in [1.807, 2.05) is 12.4 Å². The summed E-state index contributed by atoms with van der Waals surface area (Å²) in [6, 6.07) is 0. The molecule has 0 unspecified atom stereocenters. The summed E-state index contributed by atoms with van der Waals surface area (Å²) in [4.78, 5) is 8.72. The van der Waals surface area contributed by atoms with Gasteiger partial charge in [-0.15, -0.1) is 0 Å². The topological polar surface area (TPSA) is 51.5 Å². The average Bonchev–Trinajstić information content (AvgIpc) is 2.78. The molecule has 17 heavy (non-hydrogen) atoms. The van der Waals surface area contributed by atoms with Gasteiger partial charge in [0.15, 0.2) is 5.82 Å². The molecule has 0 atom stereocenters. The minimum atomic E-state index is 0.760. The molecule has 2 rings (SSSR count). The number of fused-ring (bicyclic) bond motifs is 1. The van der Waals surface area contributed by atoms with Gasteiger partial charge in [-0.1, -0.05) is 6.92 Å². The number of aryl methyl sites for hydroxylation is 1. The first-order chi connectivity index (χ1) is 8.36. The highest BCUT2D eigenvalue weighted by molar-refractivity contribution is 5.67. The third kappa shape index (κ3) is 2.55. The third-order valence-corrected chi connectivity index (χ3v) is 2.67. The highest BCUT2D eigenvalue weighted by atomic mass is 16.5. The zero-order valence-electron chi connectivity index (χ0n) is 10.3. The maximum absolute atomic E-state index is 5.01. The second-order valence-electron chi connectivity index (χ2n) is 3.83. The van der Waals surface area contributed by atoms with Crippen molar-refractivity contribution in [2.75, 3.05) is 25.6 Å². The Bertz CT molecular complexity index is 480. The maximum Gasteiger partial charge on any atom is 0.151 e. The lowest BCUT2D eigenvalue weighted by Crippen LogP contribution is -2.07. The monoisotopic (exact) mass is 234 g/mol. The summed E-state index contributed by atoms with van der Waals surface area (Å²) < 4.78 is 7.09. The summed E-state index contributed by atoms with van der Waals surface area (Å²) in [5, 5.41) is 3.31. The lowest BCUT2D eigenvalue weighted by molar-refractivity contribution is 0.198. The molecule has 92 valence electrons. The first-order valence-electron chi connectivity index (χ1n) is 5.90. The third-order valence-electron chi connectivity index (χ3n) is 2.67. The van der Waals surface area contributed by atoms with Crippen LogP contribution in [0.25, 0.3) is 5.52 Å². The van der Waals surface area contributed by atoms with E-state index in [-0.39, 0.29) is 0 Å². The fraction of sp³-hybridized carbons (Fsp3) is 0.500. The van der Waals surface area contributed by atoms with Crippen LogP contribution >= 0.6 is 0 Å². The predicted octanol–water partition coefficient (Wildman–Crippen LogP) is 1.74. The van der Waals surface area contributed by atoms with Crippen LogP contribution in [-0.2, 0) is 11.2 Å². The number of hydrogen-bond donors (Lipinski definition) is 1. The zero-order valence-corrected chi connectivity index (χ0v) is 10.3. The molecule has 2 aromatic rings. The van der Waals surface area contributed by atoms with Gasteiger partial charge in [-0.05, 0) is 6.42 Å². The number of nitrogens with zero attached hydrogens (tertiary/aromatic N) is 3. The molecule has 0 fully saturated rings. The first kappa shape index (κ1) is 11.9. The van der Waals surface area contributed by atoms with Crippen LogP contribution in [0, 0.1) is 0 Å². The van der Waals surface area contributed by atoms with Gasteiger partial charge in [0.1, 0.15) is 11.3 Å². The quantitative estimate of drug-likeness (QED) is 0.773. The van der Waals surface area contributed by atoms with Crippen molar-refractivity contribution in [1.29, 1.82) is 0 Å². The van der Waals surface area contributed by atoms with Crippen molar-refractivity contribution < 1.29 is 4.74 Å². The molecular formula is C12H18N4O. The first-order valence-corrected chi connectivity index (χ1v) is 5.90. The summed E-state index contributed by atoms with van der Waals surface area (Å²) in [6.07, 6.45) is 7.49. The van der Waals surface area contributed by atoms with E-state index in [2.05, 4.69) is 26.6 Å². The van der Waals surface area contributed by atoms with Crippen molar-refractivity contribution in [1.82, 2.24) is 14.4 Å². The second-order valence-corrected chi connectivity index (χ2v) is 3.83. The summed E-state index contributed by atoms with van der Waals surface area (Å²) in [5.41, 5.74) is 1.03. The number of methoxy groups -OCH3 is 1. The molecule has 0 aliphatic heterocycles. The summed E-state index contributed by atoms with van der Waals surface area (Å²) in [6.45, 7) is 3.71. The number of anilines is 1. The van der Waals surface area contributed by atoms with E-state index >= 15 is 0 Å². The van der Waals surface area contributed by atoms with Crippen LogP contribution in [0.2, 0.25) is 0 Å². The van der Waals surface area contributed by atoms with Gasteiger partial charge in [-0.2, -0.15) is 0 Å². The van der Waals surface area contributed by atoms with Crippen LogP contribution in [0.15, 0.2) is 18.6 Å². The smallest absolute Gasteiger partial charge is 0.151 e. The Morgan fingerprint density at radius 1 is 1.41 bits per heavy atom. The highest BCUT2D eigenvalue weighted by Crippen LogP contribution is 2.15. The fourth-order valence-electron chi connectivity index (χ4n) is 1.80. The molecule has 2 heterocycles. The molecule has 0 bridgehead atoms. The van der Waals surface area contributed by atoms with Crippen LogP contribution in [0.4, 0.5) is 5.82 Å². The maximum atomic E-state index is 5.01. The number of imidazole rings is 1. The predicted molar refractivity (Wildman–Crippen MR) is 67.3 cm³/mol. The summed E-state index contributed by atoms with van der Waals surface area (Å²) in [7, 11) is 1.71. The molecule has 5 nitrogen and oxygen atoms in total. The van der Waals surface area contributed by atoms with Crippen molar-refractivity contribution >= 4 is 11.3 Å². The van der Waals surface area contributed by atoms with E-state index in [0.717, 1.165) is 43.2 Å². The highest BCUT2D eigenvalue weighted by Gasteiger charge is 2.06. The Morgan fingerprint density at radius 2 is 2.29 bits per heavy atom. The van der Waals surface area contributed by atoms with Crippen molar-refractivity contribution in [2.45, 2.75) is 19.8 Å². The van der Waals surface area contributed by atoms with Gasteiger partial charge >= 0.3 is 0 Å². The number of ether oxygens (including phenoxy) is 1. The molecule has 2 aromatic heterocycles. The Hall–Kier alpha value is -1.62. The molecule has 0 radical (unpaired) electrons. The molecular weight excluding hydrogens is 216 g/mol. The van der Waals surface area contributed by atoms with Crippen molar-refractivity contribution in [3.8, 4) is 0 Å². The van der Waals surface area contributed by atoms with Gasteiger partial charge in [-0.3, -0.25) is 4.40 Å². The van der Waals surface area contributed by atoms with Crippen LogP contribution in [-0.4, -0.2) is 34.6 Å². The minimum Gasteiger partial charge on any atom is -0.385 e.